The summed E-state index contributed by atoms with van der Waals surface area (Å²) in [5, 5.41) is 29.7. The monoisotopic (exact) mass is 563 g/mol. The van der Waals surface area contributed by atoms with Crippen LogP contribution in [0, 0.1) is 5.92 Å². The molecule has 1 aliphatic heterocycles. The van der Waals surface area contributed by atoms with Gasteiger partial charge in [0, 0.05) is 24.3 Å². The number of carboxylic acid groups (broad SMARTS) is 2. The average molecular weight is 563 g/mol. The number of aromatic amines is 1. The van der Waals surface area contributed by atoms with Gasteiger partial charge in [0.1, 0.15) is 23.9 Å². The largest absolute Gasteiger partial charge is 2.00 e. The zero-order valence-corrected chi connectivity index (χ0v) is 21.9. The average Bonchev–Trinajstić information content (AvgIpc) is 2.80. The number of anilines is 4. The van der Waals surface area contributed by atoms with Crippen LogP contribution in [0.2, 0.25) is 0 Å². The number of carbonyl (C=O) groups excluding carboxylic acids is 2. The Bertz CT molecular complexity index is 1170. The van der Waals surface area contributed by atoms with E-state index in [2.05, 4.69) is 31.2 Å². The summed E-state index contributed by atoms with van der Waals surface area (Å²) in [4.78, 5) is 64.0. The number of H-pyrrole nitrogens is 1. The number of aldehydes is 1. The summed E-state index contributed by atoms with van der Waals surface area (Å²) in [5.41, 5.74) is 6.23. The van der Waals surface area contributed by atoms with Crippen molar-refractivity contribution in [1.82, 2.24) is 15.3 Å². The Morgan fingerprint density at radius 1 is 1.23 bits per heavy atom. The molecule has 1 aromatic heterocycles. The van der Waals surface area contributed by atoms with Crippen molar-refractivity contribution >= 4 is 92.8 Å². The second-order valence-electron chi connectivity index (χ2n) is 7.54. The van der Waals surface area contributed by atoms with E-state index < -0.39 is 41.8 Å². The van der Waals surface area contributed by atoms with E-state index in [0.29, 0.717) is 24.6 Å². The van der Waals surface area contributed by atoms with Crippen LogP contribution in [-0.4, -0.2) is 115 Å². The molecule has 0 radical (unpaired) electrons. The molecule has 9 N–H and O–H groups in total. The molecule has 0 aliphatic carbocycles. The topological polar surface area (TPSA) is 229 Å². The van der Waals surface area contributed by atoms with E-state index in [1.807, 2.05) is 0 Å². The third-order valence-electron chi connectivity index (χ3n) is 5.08. The first-order valence-electron chi connectivity index (χ1n) is 10.1. The molecular formula is C20H25N7O7Sr. The number of hydrogen-bond acceptors (Lipinski definition) is 10. The van der Waals surface area contributed by atoms with Crippen molar-refractivity contribution in [2.24, 2.45) is 5.92 Å². The molecule has 0 saturated carbocycles. The van der Waals surface area contributed by atoms with E-state index in [1.54, 1.807) is 12.1 Å². The maximum atomic E-state index is 12.4. The summed E-state index contributed by atoms with van der Waals surface area (Å²) in [6.07, 6.45) is -0.446. The summed E-state index contributed by atoms with van der Waals surface area (Å²) >= 11 is 0. The number of carboxylic acids is 2. The number of amides is 1. The molecule has 0 saturated heterocycles. The van der Waals surface area contributed by atoms with Gasteiger partial charge in [-0.05, 0) is 30.7 Å². The summed E-state index contributed by atoms with van der Waals surface area (Å²) in [6.45, 7) is 0.899. The van der Waals surface area contributed by atoms with E-state index in [-0.39, 0.29) is 77.9 Å². The van der Waals surface area contributed by atoms with Gasteiger partial charge in [-0.25, -0.2) is 4.79 Å². The van der Waals surface area contributed by atoms with Gasteiger partial charge in [-0.15, -0.1) is 0 Å². The van der Waals surface area contributed by atoms with Crippen LogP contribution >= 0.6 is 0 Å². The minimum Gasteiger partial charge on any atom is -1.00 e. The van der Waals surface area contributed by atoms with Crippen molar-refractivity contribution in [3.63, 3.8) is 0 Å². The first kappa shape index (κ1) is 28.1. The van der Waals surface area contributed by atoms with Gasteiger partial charge >= 0.3 is 57.4 Å². The summed E-state index contributed by atoms with van der Waals surface area (Å²) in [5.74, 6) is -4.82. The van der Waals surface area contributed by atoms with Crippen LogP contribution < -0.4 is 32.6 Å². The minimum atomic E-state index is -1.55. The van der Waals surface area contributed by atoms with Crippen molar-refractivity contribution < 1.29 is 32.2 Å². The fourth-order valence-electron chi connectivity index (χ4n) is 3.26. The Morgan fingerprint density at radius 3 is 2.51 bits per heavy atom. The SMILES string of the molecule is Nc1nc2c(c(=O)[nH]1)NC(CNc1ccc(C(=O)NC(CC(C=O)C(=O)O)C(=O)O)cc1)CN2.[H-].[H-].[Sr+2]. The molecule has 14 nitrogen and oxygen atoms in total. The number of aliphatic carboxylic acids is 2. The normalized spacial score (nSPS) is 15.6. The quantitative estimate of drug-likeness (QED) is 0.0988. The van der Waals surface area contributed by atoms with E-state index in [4.69, 9.17) is 10.8 Å². The summed E-state index contributed by atoms with van der Waals surface area (Å²) in [6, 6.07) is 4.44. The van der Waals surface area contributed by atoms with Gasteiger partial charge in [-0.2, -0.15) is 4.98 Å². The molecule has 3 rings (SSSR count). The van der Waals surface area contributed by atoms with Gasteiger partial charge < -0.3 is 44.9 Å². The van der Waals surface area contributed by atoms with Crippen molar-refractivity contribution in [2.75, 3.05) is 34.8 Å². The summed E-state index contributed by atoms with van der Waals surface area (Å²) < 4.78 is 0. The maximum Gasteiger partial charge on any atom is 2.00 e. The van der Waals surface area contributed by atoms with Gasteiger partial charge in [0.05, 0.1) is 6.04 Å². The Balaban J connectivity index is 0.00000432. The molecule has 1 aromatic carbocycles. The Hall–Kier alpha value is -3.14. The van der Waals surface area contributed by atoms with Gasteiger partial charge in [-0.1, -0.05) is 0 Å². The molecule has 1 amide bonds. The van der Waals surface area contributed by atoms with Crippen molar-refractivity contribution in [3.8, 4) is 0 Å². The van der Waals surface area contributed by atoms with Gasteiger partial charge in [0.25, 0.3) is 11.5 Å². The Labute approximate surface area is 238 Å². The van der Waals surface area contributed by atoms with Gasteiger partial charge in [-0.3, -0.25) is 19.4 Å². The fraction of sp³-hybridized carbons (Fsp3) is 0.300. The van der Waals surface area contributed by atoms with Crippen LogP contribution in [0.25, 0.3) is 0 Å². The Morgan fingerprint density at radius 2 is 1.91 bits per heavy atom. The van der Waals surface area contributed by atoms with Crippen molar-refractivity contribution in [3.05, 3.63) is 40.2 Å². The van der Waals surface area contributed by atoms with Crippen molar-refractivity contribution in [2.45, 2.75) is 18.5 Å². The van der Waals surface area contributed by atoms with Gasteiger partial charge in [0.2, 0.25) is 5.95 Å². The predicted octanol–water partition coefficient (Wildman–Crippen LogP) is -1.01. The third-order valence-corrected chi connectivity index (χ3v) is 5.08. The van der Waals surface area contributed by atoms with Crippen LogP contribution in [0.3, 0.4) is 0 Å². The number of aromatic nitrogens is 2. The number of nitrogens with zero attached hydrogens (tertiary/aromatic N) is 1. The predicted molar refractivity (Wildman–Crippen MR) is 129 cm³/mol. The van der Waals surface area contributed by atoms with Crippen LogP contribution in [0.15, 0.2) is 29.1 Å². The molecule has 15 heteroatoms. The molecule has 2 aromatic rings. The number of benzene rings is 1. The summed E-state index contributed by atoms with van der Waals surface area (Å²) in [7, 11) is 0. The molecule has 0 fully saturated rings. The van der Waals surface area contributed by atoms with Crippen LogP contribution in [0.4, 0.5) is 23.1 Å². The maximum absolute atomic E-state index is 12.4. The fourth-order valence-corrected chi connectivity index (χ4v) is 3.26. The number of rotatable bonds is 10. The van der Waals surface area contributed by atoms with Gasteiger partial charge in [0.15, 0.2) is 5.82 Å². The number of nitrogen functional groups attached to an aromatic ring is 1. The molecule has 0 spiro atoms. The molecule has 35 heavy (non-hydrogen) atoms. The number of nitrogens with one attached hydrogen (secondary N) is 5. The molecule has 3 unspecified atom stereocenters. The number of fused-ring (bicyclic) bond motifs is 1. The Kier molecular flexibility index (Phi) is 10.1. The van der Waals surface area contributed by atoms with Crippen LogP contribution in [-0.2, 0) is 14.4 Å². The molecule has 1 aliphatic rings. The second-order valence-corrected chi connectivity index (χ2v) is 7.54. The minimum absolute atomic E-state index is 0. The molecule has 2 heterocycles. The smallest absolute Gasteiger partial charge is 1.00 e. The second kappa shape index (κ2) is 12.5. The molecule has 0 bridgehead atoms. The first-order valence-corrected chi connectivity index (χ1v) is 10.1. The standard InChI is InChI=1S/C20H23N7O7.Sr.2H/c21-20-26-15-14(17(30)27-20)24-12(7-23-15)6-22-11-3-1-9(2-4-11)16(29)25-13(19(33)34)5-10(8-28)18(31)32;;;/h1-4,8,10,12-13,22,24H,5-7H2,(H,25,29)(H,31,32)(H,33,34)(H4,21,23,26,27,30);;;/q;+2;2*-1. The van der Waals surface area contributed by atoms with Crippen molar-refractivity contribution in [1.29, 1.82) is 0 Å². The van der Waals surface area contributed by atoms with E-state index in [9.17, 15) is 29.1 Å². The number of nitrogens with two attached hydrogens (primary N) is 1. The molecular weight excluding hydrogens is 538 g/mol. The third kappa shape index (κ3) is 7.42. The first-order chi connectivity index (χ1) is 16.2. The number of hydrogen-bond donors (Lipinski definition) is 8. The van der Waals surface area contributed by atoms with E-state index in [1.165, 1.54) is 12.1 Å². The van der Waals surface area contributed by atoms with Crippen LogP contribution in [0.5, 0.6) is 0 Å². The van der Waals surface area contributed by atoms with Crippen LogP contribution in [0.1, 0.15) is 19.6 Å². The van der Waals surface area contributed by atoms with E-state index in [0.717, 1.165) is 0 Å². The molecule has 3 atom stereocenters. The number of carbonyl (C=O) groups is 4. The zero-order chi connectivity index (χ0) is 24.8. The van der Waals surface area contributed by atoms with E-state index >= 15 is 0 Å². The molecule has 184 valence electrons. The zero-order valence-electron chi connectivity index (χ0n) is 20.4.